The van der Waals surface area contributed by atoms with E-state index in [1.807, 2.05) is 57.2 Å². The normalized spacial score (nSPS) is 11.8. The van der Waals surface area contributed by atoms with Crippen LogP contribution < -0.4 is 5.32 Å². The van der Waals surface area contributed by atoms with Crippen LogP contribution in [0, 0.1) is 6.92 Å². The zero-order chi connectivity index (χ0) is 16.8. The van der Waals surface area contributed by atoms with Gasteiger partial charge in [-0.25, -0.2) is 4.79 Å². The van der Waals surface area contributed by atoms with Crippen molar-refractivity contribution in [1.82, 2.24) is 5.32 Å². The van der Waals surface area contributed by atoms with Crippen molar-refractivity contribution in [3.63, 3.8) is 0 Å². The van der Waals surface area contributed by atoms with Crippen molar-refractivity contribution < 1.29 is 14.3 Å². The molecule has 0 radical (unpaired) electrons. The van der Waals surface area contributed by atoms with Gasteiger partial charge in [0.1, 0.15) is 4.88 Å². The van der Waals surface area contributed by atoms with Crippen LogP contribution in [0.1, 0.15) is 45.6 Å². The zero-order valence-electron chi connectivity index (χ0n) is 13.6. The first kappa shape index (κ1) is 17.2. The summed E-state index contributed by atoms with van der Waals surface area (Å²) in [4.78, 5) is 25.6. The third-order valence-electron chi connectivity index (χ3n) is 3.61. The van der Waals surface area contributed by atoms with Gasteiger partial charge in [0.05, 0.1) is 6.04 Å². The van der Waals surface area contributed by atoms with Crippen LogP contribution in [0.15, 0.2) is 36.4 Å². The number of hydrogen-bond donors (Lipinski definition) is 1. The highest BCUT2D eigenvalue weighted by Gasteiger charge is 2.15. The van der Waals surface area contributed by atoms with Crippen molar-refractivity contribution in [2.75, 3.05) is 6.61 Å². The van der Waals surface area contributed by atoms with Gasteiger partial charge in [0.25, 0.3) is 5.91 Å². The van der Waals surface area contributed by atoms with E-state index in [4.69, 9.17) is 4.74 Å². The molecule has 0 saturated carbocycles. The Morgan fingerprint density at radius 1 is 1.26 bits per heavy atom. The lowest BCUT2D eigenvalue weighted by molar-refractivity contribution is -0.124. The lowest BCUT2D eigenvalue weighted by Gasteiger charge is -2.14. The molecule has 1 amide bonds. The maximum absolute atomic E-state index is 12.0. The molecule has 0 saturated heterocycles. The summed E-state index contributed by atoms with van der Waals surface area (Å²) in [5.41, 5.74) is 2.15. The molecule has 0 fully saturated rings. The molecule has 0 aliphatic heterocycles. The molecule has 0 spiro atoms. The molecule has 1 aromatic heterocycles. The van der Waals surface area contributed by atoms with E-state index in [0.717, 1.165) is 22.4 Å². The number of carbonyl (C=O) groups is 2. The van der Waals surface area contributed by atoms with Crippen molar-refractivity contribution >= 4 is 23.2 Å². The standard InChI is InChI=1S/C18H21NO3S/c1-4-14-10-16(23-13(14)3)18(21)22-11-17(20)19-12(2)15-8-6-5-7-9-15/h5-10,12H,4,11H2,1-3H3,(H,19,20)/t12-/m0/s1. The lowest BCUT2D eigenvalue weighted by Crippen LogP contribution is -2.31. The Balaban J connectivity index is 1.85. The number of esters is 1. The predicted octanol–water partition coefficient (Wildman–Crippen LogP) is 3.65. The van der Waals surface area contributed by atoms with Crippen LogP contribution in [0.4, 0.5) is 0 Å². The molecule has 5 heteroatoms. The second-order valence-electron chi connectivity index (χ2n) is 5.32. The third-order valence-corrected chi connectivity index (χ3v) is 4.69. The van der Waals surface area contributed by atoms with Crippen LogP contribution in [0.2, 0.25) is 0 Å². The molecule has 2 aromatic rings. The first-order valence-corrected chi connectivity index (χ1v) is 8.43. The van der Waals surface area contributed by atoms with Crippen molar-refractivity contribution in [1.29, 1.82) is 0 Å². The molecular formula is C18H21NO3S. The maximum atomic E-state index is 12.0. The molecule has 0 aliphatic rings. The fourth-order valence-corrected chi connectivity index (χ4v) is 3.29. The average Bonchev–Trinajstić information content (AvgIpc) is 2.94. The number of carbonyl (C=O) groups excluding carboxylic acids is 2. The summed E-state index contributed by atoms with van der Waals surface area (Å²) in [5.74, 6) is -0.751. The van der Waals surface area contributed by atoms with Gasteiger partial charge in [0.2, 0.25) is 0 Å². The highest BCUT2D eigenvalue weighted by atomic mass is 32.1. The minimum atomic E-state index is -0.444. The van der Waals surface area contributed by atoms with Gasteiger partial charge in [-0.2, -0.15) is 0 Å². The SMILES string of the molecule is CCc1cc(C(=O)OCC(=O)N[C@@H](C)c2ccccc2)sc1C. The predicted molar refractivity (Wildman–Crippen MR) is 91.7 cm³/mol. The minimum Gasteiger partial charge on any atom is -0.451 e. The number of thiophene rings is 1. The van der Waals surface area contributed by atoms with Crippen LogP contribution in [-0.4, -0.2) is 18.5 Å². The number of nitrogens with one attached hydrogen (secondary N) is 1. The van der Waals surface area contributed by atoms with Crippen molar-refractivity contribution in [3.8, 4) is 0 Å². The van der Waals surface area contributed by atoms with E-state index in [-0.39, 0.29) is 18.6 Å². The fraction of sp³-hybridized carbons (Fsp3) is 0.333. The molecule has 1 aromatic carbocycles. The number of aryl methyl sites for hydroxylation is 2. The van der Waals surface area contributed by atoms with Crippen LogP contribution in [0.5, 0.6) is 0 Å². The molecule has 122 valence electrons. The van der Waals surface area contributed by atoms with E-state index in [9.17, 15) is 9.59 Å². The highest BCUT2D eigenvalue weighted by molar-refractivity contribution is 7.14. The minimum absolute atomic E-state index is 0.127. The van der Waals surface area contributed by atoms with E-state index in [2.05, 4.69) is 5.32 Å². The third kappa shape index (κ3) is 4.66. The molecule has 0 unspecified atom stereocenters. The molecule has 0 bridgehead atoms. The summed E-state index contributed by atoms with van der Waals surface area (Å²) < 4.78 is 5.10. The molecule has 0 aliphatic carbocycles. The maximum Gasteiger partial charge on any atom is 0.348 e. The summed E-state index contributed by atoms with van der Waals surface area (Å²) in [7, 11) is 0. The van der Waals surface area contributed by atoms with Gasteiger partial charge in [-0.15, -0.1) is 11.3 Å². The summed E-state index contributed by atoms with van der Waals surface area (Å²) in [6, 6.07) is 11.4. The van der Waals surface area contributed by atoms with Crippen LogP contribution in [0.25, 0.3) is 0 Å². The van der Waals surface area contributed by atoms with Crippen molar-refractivity contribution in [2.24, 2.45) is 0 Å². The van der Waals surface area contributed by atoms with Crippen LogP contribution in [-0.2, 0) is 16.0 Å². The van der Waals surface area contributed by atoms with Gasteiger partial charge >= 0.3 is 5.97 Å². The van der Waals surface area contributed by atoms with Gasteiger partial charge in [0.15, 0.2) is 6.61 Å². The largest absolute Gasteiger partial charge is 0.451 e. The second kappa shape index (κ2) is 7.92. The van der Waals surface area contributed by atoms with Gasteiger partial charge in [-0.1, -0.05) is 37.3 Å². The zero-order valence-corrected chi connectivity index (χ0v) is 14.4. The van der Waals surface area contributed by atoms with Crippen molar-refractivity contribution in [3.05, 3.63) is 57.3 Å². The van der Waals surface area contributed by atoms with Crippen LogP contribution >= 0.6 is 11.3 Å². The highest BCUT2D eigenvalue weighted by Crippen LogP contribution is 2.22. The Morgan fingerprint density at radius 3 is 2.57 bits per heavy atom. The lowest BCUT2D eigenvalue weighted by atomic mass is 10.1. The van der Waals surface area contributed by atoms with Gasteiger partial charge < -0.3 is 10.1 Å². The number of hydrogen-bond acceptors (Lipinski definition) is 4. The number of ether oxygens (including phenoxy) is 1. The first-order chi connectivity index (χ1) is 11.0. The van der Waals surface area contributed by atoms with Gasteiger partial charge in [-0.3, -0.25) is 4.79 Å². The fourth-order valence-electron chi connectivity index (χ4n) is 2.28. The summed E-state index contributed by atoms with van der Waals surface area (Å²) in [6.45, 7) is 5.65. The summed E-state index contributed by atoms with van der Waals surface area (Å²) in [6.07, 6.45) is 0.880. The van der Waals surface area contributed by atoms with Crippen LogP contribution in [0.3, 0.4) is 0 Å². The number of amides is 1. The summed E-state index contributed by atoms with van der Waals surface area (Å²) >= 11 is 1.40. The van der Waals surface area contributed by atoms with E-state index < -0.39 is 5.97 Å². The Kier molecular flexibility index (Phi) is 5.93. The molecule has 1 N–H and O–H groups in total. The Bertz CT molecular complexity index is 679. The van der Waals surface area contributed by atoms with Gasteiger partial charge in [0, 0.05) is 4.88 Å². The molecule has 23 heavy (non-hydrogen) atoms. The molecule has 2 rings (SSSR count). The Hall–Kier alpha value is -2.14. The van der Waals surface area contributed by atoms with E-state index in [0.29, 0.717) is 4.88 Å². The molecular weight excluding hydrogens is 310 g/mol. The Morgan fingerprint density at radius 2 is 1.96 bits per heavy atom. The molecule has 1 atom stereocenters. The van der Waals surface area contributed by atoms with Gasteiger partial charge in [-0.05, 0) is 37.5 Å². The smallest absolute Gasteiger partial charge is 0.348 e. The summed E-state index contributed by atoms with van der Waals surface area (Å²) in [5, 5.41) is 2.82. The first-order valence-electron chi connectivity index (χ1n) is 7.62. The Labute approximate surface area is 140 Å². The van der Waals surface area contributed by atoms with E-state index in [1.165, 1.54) is 11.3 Å². The molecule has 4 nitrogen and oxygen atoms in total. The second-order valence-corrected chi connectivity index (χ2v) is 6.58. The van der Waals surface area contributed by atoms with Crippen molar-refractivity contribution in [2.45, 2.75) is 33.2 Å². The number of rotatable bonds is 6. The number of benzene rings is 1. The quantitative estimate of drug-likeness (QED) is 0.822. The van der Waals surface area contributed by atoms with E-state index >= 15 is 0 Å². The monoisotopic (exact) mass is 331 g/mol. The molecule has 1 heterocycles. The average molecular weight is 331 g/mol. The topological polar surface area (TPSA) is 55.4 Å². The van der Waals surface area contributed by atoms with E-state index in [1.54, 1.807) is 0 Å².